The molecule has 0 aliphatic carbocycles. The largest absolute Gasteiger partial charge is 0.494 e. The maximum absolute atomic E-state index is 13.4. The van der Waals surface area contributed by atoms with Gasteiger partial charge in [0.2, 0.25) is 0 Å². The second-order valence-corrected chi connectivity index (χ2v) is 5.41. The van der Waals surface area contributed by atoms with Crippen LogP contribution in [0, 0.1) is 5.82 Å². The van der Waals surface area contributed by atoms with Crippen molar-refractivity contribution < 1.29 is 18.7 Å². The van der Waals surface area contributed by atoms with Crippen LogP contribution in [0.15, 0.2) is 30.6 Å². The van der Waals surface area contributed by atoms with Gasteiger partial charge in [0.05, 0.1) is 13.2 Å². The molecule has 7 heteroatoms. The number of imidazole rings is 1. The van der Waals surface area contributed by atoms with Crippen LogP contribution in [0.4, 0.5) is 4.39 Å². The molecule has 0 unspecified atom stereocenters. The van der Waals surface area contributed by atoms with Gasteiger partial charge in [0.25, 0.3) is 5.91 Å². The smallest absolute Gasteiger partial charge is 0.251 e. The molecular formula is C16H18FN3O3. The monoisotopic (exact) mass is 319 g/mol. The Morgan fingerprint density at radius 2 is 2.35 bits per heavy atom. The summed E-state index contributed by atoms with van der Waals surface area (Å²) in [6, 6.07) is 3.85. The lowest BCUT2D eigenvalue weighted by molar-refractivity contribution is 0.0779. The van der Waals surface area contributed by atoms with Crippen molar-refractivity contribution in [1.82, 2.24) is 14.9 Å². The van der Waals surface area contributed by atoms with E-state index in [0.29, 0.717) is 18.6 Å². The number of hydrogen-bond acceptors (Lipinski definition) is 4. The Morgan fingerprint density at radius 1 is 1.52 bits per heavy atom. The van der Waals surface area contributed by atoms with E-state index in [2.05, 4.69) is 10.3 Å². The fraction of sp³-hybridized carbons (Fsp3) is 0.375. The van der Waals surface area contributed by atoms with Gasteiger partial charge in [0, 0.05) is 31.6 Å². The molecule has 1 aromatic carbocycles. The van der Waals surface area contributed by atoms with Gasteiger partial charge < -0.3 is 19.4 Å². The lowest BCUT2D eigenvalue weighted by atomic mass is 10.1. The number of aryl methyl sites for hydroxylation is 1. The molecule has 0 saturated carbocycles. The van der Waals surface area contributed by atoms with Gasteiger partial charge in [-0.15, -0.1) is 0 Å². The predicted molar refractivity (Wildman–Crippen MR) is 80.7 cm³/mol. The molecule has 0 spiro atoms. The molecule has 0 bridgehead atoms. The van der Waals surface area contributed by atoms with E-state index in [0.717, 1.165) is 5.82 Å². The second kappa shape index (κ2) is 6.37. The van der Waals surface area contributed by atoms with E-state index < -0.39 is 5.82 Å². The average Bonchev–Trinajstić information content (AvgIpc) is 3.16. The molecule has 1 amide bonds. The van der Waals surface area contributed by atoms with Gasteiger partial charge in [-0.3, -0.25) is 4.79 Å². The minimum atomic E-state index is -0.501. The van der Waals surface area contributed by atoms with E-state index in [-0.39, 0.29) is 23.8 Å². The molecule has 0 radical (unpaired) electrons. The first-order valence-electron chi connectivity index (χ1n) is 7.33. The molecule has 1 aliphatic heterocycles. The van der Waals surface area contributed by atoms with Gasteiger partial charge in [-0.2, -0.15) is 0 Å². The molecule has 1 N–H and O–H groups in total. The van der Waals surface area contributed by atoms with Gasteiger partial charge in [0.1, 0.15) is 11.9 Å². The maximum atomic E-state index is 13.4. The first kappa shape index (κ1) is 15.5. The first-order valence-corrected chi connectivity index (χ1v) is 7.33. The van der Waals surface area contributed by atoms with Crippen molar-refractivity contribution in [3.8, 4) is 5.75 Å². The number of ether oxygens (including phenoxy) is 2. The number of carbonyl (C=O) groups excluding carboxylic acids is 1. The van der Waals surface area contributed by atoms with E-state index in [1.165, 1.54) is 25.3 Å². The fourth-order valence-corrected chi connectivity index (χ4v) is 2.70. The van der Waals surface area contributed by atoms with Crippen LogP contribution in [0.2, 0.25) is 0 Å². The molecule has 1 saturated heterocycles. The molecule has 1 fully saturated rings. The van der Waals surface area contributed by atoms with Gasteiger partial charge >= 0.3 is 0 Å². The molecule has 23 heavy (non-hydrogen) atoms. The number of methoxy groups -OCH3 is 1. The molecule has 1 aromatic heterocycles. The van der Waals surface area contributed by atoms with Gasteiger partial charge in [-0.05, 0) is 24.6 Å². The predicted octanol–water partition coefficient (Wildman–Crippen LogP) is 1.83. The lowest BCUT2D eigenvalue weighted by Gasteiger charge is -2.19. The number of benzene rings is 1. The summed E-state index contributed by atoms with van der Waals surface area (Å²) in [5, 5.41) is 2.94. The minimum Gasteiger partial charge on any atom is -0.494 e. The Bertz CT molecular complexity index is 716. The Kier molecular flexibility index (Phi) is 4.29. The molecular weight excluding hydrogens is 301 g/mol. The van der Waals surface area contributed by atoms with Crippen LogP contribution in [0.5, 0.6) is 5.75 Å². The van der Waals surface area contributed by atoms with Crippen LogP contribution < -0.4 is 10.1 Å². The maximum Gasteiger partial charge on any atom is 0.251 e. The Balaban J connectivity index is 1.76. The summed E-state index contributed by atoms with van der Waals surface area (Å²) in [5.74, 6) is 0.0163. The highest BCUT2D eigenvalue weighted by atomic mass is 19.1. The van der Waals surface area contributed by atoms with Crippen molar-refractivity contribution in [2.75, 3.05) is 13.7 Å². The molecule has 2 atom stereocenters. The molecule has 122 valence electrons. The SMILES string of the molecule is COc1cc(C(=O)N[C@H]2CCO[C@@H]2c2nccn2C)ccc1F. The third-order valence-corrected chi connectivity index (χ3v) is 3.93. The van der Waals surface area contributed by atoms with Crippen molar-refractivity contribution in [3.05, 3.63) is 47.8 Å². The number of hydrogen-bond donors (Lipinski definition) is 1. The van der Waals surface area contributed by atoms with Crippen LogP contribution in [-0.2, 0) is 11.8 Å². The zero-order chi connectivity index (χ0) is 16.4. The van der Waals surface area contributed by atoms with E-state index in [4.69, 9.17) is 9.47 Å². The zero-order valence-corrected chi connectivity index (χ0v) is 13.0. The first-order chi connectivity index (χ1) is 11.1. The number of amides is 1. The number of rotatable bonds is 4. The number of aromatic nitrogens is 2. The van der Waals surface area contributed by atoms with Crippen molar-refractivity contribution >= 4 is 5.91 Å². The van der Waals surface area contributed by atoms with Gasteiger partial charge in [0.15, 0.2) is 11.6 Å². The van der Waals surface area contributed by atoms with Crippen LogP contribution in [0.25, 0.3) is 0 Å². The van der Waals surface area contributed by atoms with E-state index in [9.17, 15) is 9.18 Å². The summed E-state index contributed by atoms with van der Waals surface area (Å²) < 4.78 is 25.9. The molecule has 2 heterocycles. The lowest BCUT2D eigenvalue weighted by Crippen LogP contribution is -2.37. The van der Waals surface area contributed by atoms with Gasteiger partial charge in [-0.25, -0.2) is 9.37 Å². The third kappa shape index (κ3) is 3.05. The summed E-state index contributed by atoms with van der Waals surface area (Å²) in [6.07, 6.45) is 3.93. The molecule has 2 aromatic rings. The van der Waals surface area contributed by atoms with Crippen LogP contribution in [0.1, 0.15) is 28.7 Å². The fourth-order valence-electron chi connectivity index (χ4n) is 2.70. The highest BCUT2D eigenvalue weighted by molar-refractivity contribution is 5.94. The van der Waals surface area contributed by atoms with E-state index in [1.54, 1.807) is 6.20 Å². The summed E-state index contributed by atoms with van der Waals surface area (Å²) in [5.41, 5.74) is 0.341. The normalized spacial score (nSPS) is 20.5. The third-order valence-electron chi connectivity index (χ3n) is 3.93. The molecule has 6 nitrogen and oxygen atoms in total. The molecule has 3 rings (SSSR count). The van der Waals surface area contributed by atoms with Crippen LogP contribution in [0.3, 0.4) is 0 Å². The Hall–Kier alpha value is -2.41. The van der Waals surface area contributed by atoms with Gasteiger partial charge in [-0.1, -0.05) is 0 Å². The van der Waals surface area contributed by atoms with E-state index in [1.807, 2.05) is 17.8 Å². The van der Waals surface area contributed by atoms with Crippen molar-refractivity contribution in [2.24, 2.45) is 7.05 Å². The van der Waals surface area contributed by atoms with Crippen molar-refractivity contribution in [1.29, 1.82) is 0 Å². The highest BCUT2D eigenvalue weighted by Gasteiger charge is 2.33. The van der Waals surface area contributed by atoms with E-state index >= 15 is 0 Å². The Morgan fingerprint density at radius 3 is 3.04 bits per heavy atom. The summed E-state index contributed by atoms with van der Waals surface area (Å²) in [6.45, 7) is 0.551. The molecule has 1 aliphatic rings. The van der Waals surface area contributed by atoms with Crippen LogP contribution >= 0.6 is 0 Å². The van der Waals surface area contributed by atoms with Crippen LogP contribution in [-0.4, -0.2) is 35.2 Å². The standard InChI is InChI=1S/C16H18FN3O3/c1-20-7-6-18-15(20)14-12(5-8-23-14)19-16(21)10-3-4-11(17)13(9-10)22-2/h3-4,6-7,9,12,14H,5,8H2,1-2H3,(H,19,21)/t12-,14-/m0/s1. The quantitative estimate of drug-likeness (QED) is 0.934. The second-order valence-electron chi connectivity index (χ2n) is 5.41. The minimum absolute atomic E-state index is 0.0426. The number of halogens is 1. The Labute approximate surface area is 133 Å². The number of carbonyl (C=O) groups is 1. The zero-order valence-electron chi connectivity index (χ0n) is 13.0. The summed E-state index contributed by atoms with van der Waals surface area (Å²) in [7, 11) is 3.25. The number of nitrogens with zero attached hydrogens (tertiary/aromatic N) is 2. The number of nitrogens with one attached hydrogen (secondary N) is 1. The highest BCUT2D eigenvalue weighted by Crippen LogP contribution is 2.28. The summed E-state index contributed by atoms with van der Waals surface area (Å²) in [4.78, 5) is 16.7. The van der Waals surface area contributed by atoms with Crippen molar-refractivity contribution in [2.45, 2.75) is 18.6 Å². The summed E-state index contributed by atoms with van der Waals surface area (Å²) >= 11 is 0. The average molecular weight is 319 g/mol. The topological polar surface area (TPSA) is 65.4 Å². The van der Waals surface area contributed by atoms with Crippen molar-refractivity contribution in [3.63, 3.8) is 0 Å².